The van der Waals surface area contributed by atoms with E-state index in [1.54, 1.807) is 6.07 Å². The molecular formula is C15H11BrClFN2. The van der Waals surface area contributed by atoms with Crippen LogP contribution in [0.2, 0.25) is 0 Å². The first kappa shape index (κ1) is 13.6. The van der Waals surface area contributed by atoms with Crippen molar-refractivity contribution in [3.63, 3.8) is 0 Å². The highest BCUT2D eigenvalue weighted by Crippen LogP contribution is 2.27. The summed E-state index contributed by atoms with van der Waals surface area (Å²) in [7, 11) is 0. The van der Waals surface area contributed by atoms with E-state index in [-0.39, 0.29) is 11.7 Å². The number of hydrogen-bond donors (Lipinski definition) is 0. The normalized spacial score (nSPS) is 11.2. The molecule has 2 aromatic carbocycles. The first-order valence-electron chi connectivity index (χ1n) is 6.09. The first-order chi connectivity index (χ1) is 9.60. The van der Waals surface area contributed by atoms with E-state index in [9.17, 15) is 4.39 Å². The van der Waals surface area contributed by atoms with E-state index in [1.807, 2.05) is 29.7 Å². The molecule has 0 radical (unpaired) electrons. The highest BCUT2D eigenvalue weighted by molar-refractivity contribution is 9.10. The zero-order chi connectivity index (χ0) is 14.3. The number of aromatic nitrogens is 2. The predicted octanol–water partition coefficient (Wildman–Crippen LogP) is 4.97. The van der Waals surface area contributed by atoms with Gasteiger partial charge in [0.25, 0.3) is 0 Å². The maximum absolute atomic E-state index is 13.3. The van der Waals surface area contributed by atoms with Crippen molar-refractivity contribution in [2.24, 2.45) is 0 Å². The van der Waals surface area contributed by atoms with Crippen molar-refractivity contribution in [1.29, 1.82) is 0 Å². The number of hydrogen-bond acceptors (Lipinski definition) is 1. The van der Waals surface area contributed by atoms with Gasteiger partial charge in [0.05, 0.1) is 22.6 Å². The minimum Gasteiger partial charge on any atom is -0.295 e. The van der Waals surface area contributed by atoms with E-state index in [2.05, 4.69) is 20.9 Å². The SMILES string of the molecule is Cc1cc(Br)ccc1-n1c(CCl)nc2cc(F)ccc21. The van der Waals surface area contributed by atoms with Crippen LogP contribution in [-0.2, 0) is 5.88 Å². The Bertz CT molecular complexity index is 798. The summed E-state index contributed by atoms with van der Waals surface area (Å²) in [5.74, 6) is 0.680. The molecule has 0 N–H and O–H groups in total. The lowest BCUT2D eigenvalue weighted by Gasteiger charge is -2.11. The standard InChI is InChI=1S/C15H11BrClFN2/c1-9-6-10(16)2-4-13(9)20-14-5-3-11(18)7-12(14)19-15(20)8-17/h2-7H,8H2,1H3. The summed E-state index contributed by atoms with van der Waals surface area (Å²) in [6.45, 7) is 2.02. The summed E-state index contributed by atoms with van der Waals surface area (Å²) in [5, 5.41) is 0. The first-order valence-corrected chi connectivity index (χ1v) is 7.42. The molecule has 0 aliphatic rings. The molecule has 5 heteroatoms. The smallest absolute Gasteiger partial charge is 0.129 e. The van der Waals surface area contributed by atoms with Gasteiger partial charge in [-0.3, -0.25) is 4.57 Å². The number of benzene rings is 2. The second kappa shape index (κ2) is 5.19. The monoisotopic (exact) mass is 352 g/mol. The maximum Gasteiger partial charge on any atom is 0.129 e. The molecule has 0 amide bonds. The predicted molar refractivity (Wildman–Crippen MR) is 83.0 cm³/mol. The Hall–Kier alpha value is -1.39. The third-order valence-corrected chi connectivity index (χ3v) is 3.94. The summed E-state index contributed by atoms with van der Waals surface area (Å²) in [5.41, 5.74) is 3.56. The molecule has 0 saturated heterocycles. The second-order valence-corrected chi connectivity index (χ2v) is 5.74. The van der Waals surface area contributed by atoms with Crippen LogP contribution in [0.4, 0.5) is 4.39 Å². The number of rotatable bonds is 2. The highest BCUT2D eigenvalue weighted by Gasteiger charge is 2.14. The average molecular weight is 354 g/mol. The largest absolute Gasteiger partial charge is 0.295 e. The third-order valence-electron chi connectivity index (χ3n) is 3.21. The molecule has 0 unspecified atom stereocenters. The molecule has 20 heavy (non-hydrogen) atoms. The molecule has 1 heterocycles. The molecular weight excluding hydrogens is 343 g/mol. The summed E-state index contributed by atoms with van der Waals surface area (Å²) in [4.78, 5) is 4.41. The fourth-order valence-electron chi connectivity index (χ4n) is 2.33. The van der Waals surface area contributed by atoms with Crippen molar-refractivity contribution < 1.29 is 4.39 Å². The van der Waals surface area contributed by atoms with Crippen LogP contribution < -0.4 is 0 Å². The molecule has 1 aromatic heterocycles. The van der Waals surface area contributed by atoms with Gasteiger partial charge in [0.15, 0.2) is 0 Å². The lowest BCUT2D eigenvalue weighted by atomic mass is 10.2. The molecule has 0 aliphatic heterocycles. The van der Waals surface area contributed by atoms with Crippen LogP contribution in [-0.4, -0.2) is 9.55 Å². The number of fused-ring (bicyclic) bond motifs is 1. The Morgan fingerprint density at radius 1 is 1.25 bits per heavy atom. The van der Waals surface area contributed by atoms with Crippen LogP contribution in [0.25, 0.3) is 16.7 Å². The van der Waals surface area contributed by atoms with Crippen LogP contribution >= 0.6 is 27.5 Å². The van der Waals surface area contributed by atoms with Gasteiger partial charge in [-0.2, -0.15) is 0 Å². The van der Waals surface area contributed by atoms with Crippen molar-refractivity contribution in [1.82, 2.24) is 9.55 Å². The van der Waals surface area contributed by atoms with Crippen molar-refractivity contribution in [3.05, 3.63) is 58.1 Å². The van der Waals surface area contributed by atoms with E-state index < -0.39 is 0 Å². The van der Waals surface area contributed by atoms with E-state index in [0.717, 1.165) is 21.2 Å². The van der Waals surface area contributed by atoms with Gasteiger partial charge in [-0.1, -0.05) is 15.9 Å². The van der Waals surface area contributed by atoms with Crippen molar-refractivity contribution >= 4 is 38.6 Å². The van der Waals surface area contributed by atoms with Gasteiger partial charge in [-0.05, 0) is 42.8 Å². The van der Waals surface area contributed by atoms with E-state index in [4.69, 9.17) is 11.6 Å². The van der Waals surface area contributed by atoms with Gasteiger partial charge in [-0.15, -0.1) is 11.6 Å². The van der Waals surface area contributed by atoms with Gasteiger partial charge >= 0.3 is 0 Å². The summed E-state index contributed by atoms with van der Waals surface area (Å²) in [6, 6.07) is 10.6. The summed E-state index contributed by atoms with van der Waals surface area (Å²) >= 11 is 9.44. The molecule has 102 valence electrons. The Morgan fingerprint density at radius 2 is 2.05 bits per heavy atom. The van der Waals surface area contributed by atoms with Crippen LogP contribution in [0.3, 0.4) is 0 Å². The maximum atomic E-state index is 13.3. The Balaban J connectivity index is 2.34. The quantitative estimate of drug-likeness (QED) is 0.594. The molecule has 0 bridgehead atoms. The highest BCUT2D eigenvalue weighted by atomic mass is 79.9. The number of nitrogens with zero attached hydrogens (tertiary/aromatic N) is 2. The molecule has 2 nitrogen and oxygen atoms in total. The zero-order valence-electron chi connectivity index (χ0n) is 10.7. The lowest BCUT2D eigenvalue weighted by molar-refractivity contribution is 0.629. The van der Waals surface area contributed by atoms with Crippen molar-refractivity contribution in [2.45, 2.75) is 12.8 Å². The molecule has 0 atom stereocenters. The number of aryl methyl sites for hydroxylation is 1. The van der Waals surface area contributed by atoms with Crippen LogP contribution in [0.15, 0.2) is 40.9 Å². The van der Waals surface area contributed by atoms with E-state index in [1.165, 1.54) is 12.1 Å². The second-order valence-electron chi connectivity index (χ2n) is 4.56. The number of imidazole rings is 1. The van der Waals surface area contributed by atoms with Gasteiger partial charge in [0.2, 0.25) is 0 Å². The van der Waals surface area contributed by atoms with Crippen LogP contribution in [0.1, 0.15) is 11.4 Å². The fraction of sp³-hybridized carbons (Fsp3) is 0.133. The Kier molecular flexibility index (Phi) is 3.52. The molecule has 3 rings (SSSR count). The lowest BCUT2D eigenvalue weighted by Crippen LogP contribution is -2.01. The van der Waals surface area contributed by atoms with Gasteiger partial charge < -0.3 is 0 Å². The fourth-order valence-corrected chi connectivity index (χ4v) is 2.99. The Morgan fingerprint density at radius 3 is 2.75 bits per heavy atom. The van der Waals surface area contributed by atoms with Gasteiger partial charge in [0.1, 0.15) is 11.6 Å². The summed E-state index contributed by atoms with van der Waals surface area (Å²) < 4.78 is 16.3. The third kappa shape index (κ3) is 2.23. The van der Waals surface area contributed by atoms with Crippen molar-refractivity contribution in [3.8, 4) is 5.69 Å². The minimum absolute atomic E-state index is 0.270. The van der Waals surface area contributed by atoms with Crippen LogP contribution in [0.5, 0.6) is 0 Å². The van der Waals surface area contributed by atoms with Crippen LogP contribution in [0, 0.1) is 12.7 Å². The topological polar surface area (TPSA) is 17.8 Å². The molecule has 0 fully saturated rings. The van der Waals surface area contributed by atoms with E-state index in [0.29, 0.717) is 11.3 Å². The minimum atomic E-state index is -0.296. The zero-order valence-corrected chi connectivity index (χ0v) is 13.0. The Labute approximate surface area is 129 Å². The number of halogens is 3. The van der Waals surface area contributed by atoms with Crippen molar-refractivity contribution in [2.75, 3.05) is 0 Å². The summed E-state index contributed by atoms with van der Waals surface area (Å²) in [6.07, 6.45) is 0. The van der Waals surface area contributed by atoms with Gasteiger partial charge in [0, 0.05) is 10.5 Å². The van der Waals surface area contributed by atoms with E-state index >= 15 is 0 Å². The number of alkyl halides is 1. The molecule has 0 saturated carbocycles. The molecule has 3 aromatic rings. The molecule has 0 spiro atoms. The molecule has 0 aliphatic carbocycles. The van der Waals surface area contributed by atoms with Gasteiger partial charge in [-0.25, -0.2) is 9.37 Å². The average Bonchev–Trinajstić information content (AvgIpc) is 2.76.